The Morgan fingerprint density at radius 1 is 1.39 bits per heavy atom. The first-order chi connectivity index (χ1) is 8.66. The number of nitrogens with one attached hydrogen (secondary N) is 2. The summed E-state index contributed by atoms with van der Waals surface area (Å²) in [6, 6.07) is 0.656. The van der Waals surface area contributed by atoms with E-state index in [9.17, 15) is 9.59 Å². The van der Waals surface area contributed by atoms with Crippen LogP contribution in [0.3, 0.4) is 0 Å². The summed E-state index contributed by atoms with van der Waals surface area (Å²) in [7, 11) is 0. The van der Waals surface area contributed by atoms with Gasteiger partial charge in [0.15, 0.2) is 5.12 Å². The lowest BCUT2D eigenvalue weighted by Gasteiger charge is -2.16. The van der Waals surface area contributed by atoms with E-state index in [0.29, 0.717) is 17.3 Å². The Bertz CT molecular complexity index is 325. The highest BCUT2D eigenvalue weighted by Crippen LogP contribution is 2.33. The minimum atomic E-state index is -0.00634. The highest BCUT2D eigenvalue weighted by molar-refractivity contribution is 8.13. The number of unbranched alkanes of at least 4 members (excludes halogenated alkanes) is 2. The standard InChI is InChI=1S/C12H20N2O2S2/c1-8(15)17-6-4-2-3-5-10-11-9(7-18-10)13-12(16)14-11/h9-11H,2-7H2,1H3,(H2,13,14,16)/t9-,10-,11-/m0/s1. The monoisotopic (exact) mass is 288 g/mol. The molecule has 2 rings (SSSR count). The number of rotatable bonds is 6. The fraction of sp³-hybridized carbons (Fsp3) is 0.833. The second kappa shape index (κ2) is 6.70. The summed E-state index contributed by atoms with van der Waals surface area (Å²) in [6.45, 7) is 1.62. The van der Waals surface area contributed by atoms with Crippen molar-refractivity contribution in [3.8, 4) is 0 Å². The minimum absolute atomic E-state index is 0.00634. The molecule has 0 aromatic rings. The zero-order chi connectivity index (χ0) is 13.0. The summed E-state index contributed by atoms with van der Waals surface area (Å²) >= 11 is 3.39. The number of fused-ring (bicyclic) bond motifs is 1. The number of urea groups is 1. The molecule has 0 saturated carbocycles. The Morgan fingerprint density at radius 3 is 3.00 bits per heavy atom. The number of carbonyl (C=O) groups excluding carboxylic acids is 2. The van der Waals surface area contributed by atoms with Crippen LogP contribution in [0.2, 0.25) is 0 Å². The highest BCUT2D eigenvalue weighted by atomic mass is 32.2. The third-order valence-electron chi connectivity index (χ3n) is 3.38. The van der Waals surface area contributed by atoms with E-state index in [1.165, 1.54) is 31.0 Å². The van der Waals surface area contributed by atoms with Crippen molar-refractivity contribution in [3.05, 3.63) is 0 Å². The van der Waals surface area contributed by atoms with Gasteiger partial charge in [-0.15, -0.1) is 0 Å². The number of carbonyl (C=O) groups is 2. The van der Waals surface area contributed by atoms with Gasteiger partial charge in [0.2, 0.25) is 0 Å². The molecular formula is C12H20N2O2S2. The van der Waals surface area contributed by atoms with Crippen LogP contribution in [-0.4, -0.2) is 40.0 Å². The molecule has 4 nitrogen and oxygen atoms in total. The van der Waals surface area contributed by atoms with Crippen LogP contribution in [0.15, 0.2) is 0 Å². The third-order valence-corrected chi connectivity index (χ3v) is 5.78. The van der Waals surface area contributed by atoms with Gasteiger partial charge in [0, 0.05) is 23.7 Å². The van der Waals surface area contributed by atoms with Crippen molar-refractivity contribution in [1.29, 1.82) is 0 Å². The van der Waals surface area contributed by atoms with E-state index < -0.39 is 0 Å². The Hall–Kier alpha value is -0.360. The summed E-state index contributed by atoms with van der Waals surface area (Å²) in [5.74, 6) is 1.98. The van der Waals surface area contributed by atoms with E-state index >= 15 is 0 Å². The van der Waals surface area contributed by atoms with Gasteiger partial charge in [0.25, 0.3) is 0 Å². The molecular weight excluding hydrogens is 268 g/mol. The minimum Gasteiger partial charge on any atom is -0.332 e. The predicted molar refractivity (Wildman–Crippen MR) is 77.1 cm³/mol. The molecule has 2 amide bonds. The van der Waals surface area contributed by atoms with E-state index in [0.717, 1.165) is 17.9 Å². The maximum absolute atomic E-state index is 11.2. The maximum atomic E-state index is 11.2. The molecule has 0 aromatic carbocycles. The Kier molecular flexibility index (Phi) is 5.24. The van der Waals surface area contributed by atoms with Crippen molar-refractivity contribution in [1.82, 2.24) is 10.6 Å². The average Bonchev–Trinajstić information content (AvgIpc) is 2.83. The van der Waals surface area contributed by atoms with Crippen LogP contribution in [0, 0.1) is 0 Å². The molecule has 18 heavy (non-hydrogen) atoms. The van der Waals surface area contributed by atoms with Gasteiger partial charge in [0.1, 0.15) is 0 Å². The van der Waals surface area contributed by atoms with Crippen molar-refractivity contribution in [2.24, 2.45) is 0 Å². The molecule has 0 spiro atoms. The molecule has 3 atom stereocenters. The number of hydrogen-bond donors (Lipinski definition) is 2. The molecule has 0 radical (unpaired) electrons. The fourth-order valence-electron chi connectivity index (χ4n) is 2.48. The van der Waals surface area contributed by atoms with E-state index in [1.54, 1.807) is 6.92 Å². The summed E-state index contributed by atoms with van der Waals surface area (Å²) in [5, 5.41) is 6.75. The van der Waals surface area contributed by atoms with Crippen LogP contribution in [0.5, 0.6) is 0 Å². The summed E-state index contributed by atoms with van der Waals surface area (Å²) in [4.78, 5) is 22.0. The van der Waals surface area contributed by atoms with Crippen LogP contribution in [0.1, 0.15) is 32.6 Å². The normalized spacial score (nSPS) is 29.8. The van der Waals surface area contributed by atoms with Crippen LogP contribution in [0.4, 0.5) is 4.79 Å². The Balaban J connectivity index is 1.57. The third kappa shape index (κ3) is 3.82. The Labute approximate surface area is 116 Å². The molecule has 2 heterocycles. The first kappa shape index (κ1) is 14.1. The van der Waals surface area contributed by atoms with E-state index in [1.807, 2.05) is 11.8 Å². The molecule has 0 aliphatic carbocycles. The van der Waals surface area contributed by atoms with Gasteiger partial charge in [-0.25, -0.2) is 4.79 Å². The highest BCUT2D eigenvalue weighted by Gasteiger charge is 2.42. The largest absolute Gasteiger partial charge is 0.332 e. The zero-order valence-corrected chi connectivity index (χ0v) is 12.2. The van der Waals surface area contributed by atoms with Gasteiger partial charge < -0.3 is 10.6 Å². The average molecular weight is 288 g/mol. The molecule has 102 valence electrons. The first-order valence-electron chi connectivity index (χ1n) is 6.49. The van der Waals surface area contributed by atoms with Crippen molar-refractivity contribution < 1.29 is 9.59 Å². The molecule has 2 aliphatic rings. The van der Waals surface area contributed by atoms with Gasteiger partial charge in [0.05, 0.1) is 12.1 Å². The molecule has 0 unspecified atom stereocenters. The molecule has 0 bridgehead atoms. The summed E-state index contributed by atoms with van der Waals surface area (Å²) < 4.78 is 0. The molecule has 2 saturated heterocycles. The summed E-state index contributed by atoms with van der Waals surface area (Å²) in [6.07, 6.45) is 4.64. The fourth-order valence-corrected chi connectivity index (χ4v) is 4.66. The van der Waals surface area contributed by atoms with Crippen molar-refractivity contribution in [3.63, 3.8) is 0 Å². The molecule has 6 heteroatoms. The number of hydrogen-bond acceptors (Lipinski definition) is 4. The van der Waals surface area contributed by atoms with E-state index in [2.05, 4.69) is 10.6 Å². The van der Waals surface area contributed by atoms with Crippen molar-refractivity contribution >= 4 is 34.7 Å². The zero-order valence-electron chi connectivity index (χ0n) is 10.6. The van der Waals surface area contributed by atoms with Crippen LogP contribution < -0.4 is 10.6 Å². The second-order valence-corrected chi connectivity index (χ2v) is 7.36. The second-order valence-electron chi connectivity index (χ2n) is 4.81. The van der Waals surface area contributed by atoms with Crippen molar-refractivity contribution in [2.75, 3.05) is 11.5 Å². The molecule has 2 N–H and O–H groups in total. The quantitative estimate of drug-likeness (QED) is 0.580. The lowest BCUT2D eigenvalue weighted by Crippen LogP contribution is -2.36. The smallest absolute Gasteiger partial charge is 0.315 e. The Morgan fingerprint density at radius 2 is 2.22 bits per heavy atom. The van der Waals surface area contributed by atoms with Gasteiger partial charge in [-0.3, -0.25) is 4.79 Å². The lowest BCUT2D eigenvalue weighted by molar-refractivity contribution is -0.109. The SMILES string of the molecule is CC(=O)SCCCCC[C@@H]1SC[C@@H]2NC(=O)N[C@@H]21. The predicted octanol–water partition coefficient (Wildman–Crippen LogP) is 1.99. The molecule has 2 fully saturated rings. The molecule has 2 aliphatic heterocycles. The first-order valence-corrected chi connectivity index (χ1v) is 8.52. The van der Waals surface area contributed by atoms with Crippen LogP contribution in [-0.2, 0) is 4.79 Å². The van der Waals surface area contributed by atoms with Crippen LogP contribution in [0.25, 0.3) is 0 Å². The van der Waals surface area contributed by atoms with Crippen LogP contribution >= 0.6 is 23.5 Å². The van der Waals surface area contributed by atoms with E-state index in [-0.39, 0.29) is 11.1 Å². The van der Waals surface area contributed by atoms with Crippen molar-refractivity contribution in [2.45, 2.75) is 49.9 Å². The van der Waals surface area contributed by atoms with Gasteiger partial charge >= 0.3 is 6.03 Å². The van der Waals surface area contributed by atoms with Gasteiger partial charge in [-0.1, -0.05) is 24.6 Å². The maximum Gasteiger partial charge on any atom is 0.315 e. The number of amides is 2. The van der Waals surface area contributed by atoms with Gasteiger partial charge in [-0.05, 0) is 12.8 Å². The van der Waals surface area contributed by atoms with E-state index in [4.69, 9.17) is 0 Å². The topological polar surface area (TPSA) is 58.2 Å². The van der Waals surface area contributed by atoms with Gasteiger partial charge in [-0.2, -0.15) is 11.8 Å². The molecule has 0 aromatic heterocycles. The lowest BCUT2D eigenvalue weighted by atomic mass is 10.0. The summed E-state index contributed by atoms with van der Waals surface area (Å²) in [5.41, 5.74) is 0. The number of thioether (sulfide) groups is 2.